The number of pyridine rings is 1. The maximum Gasteiger partial charge on any atom is 0.151 e. The van der Waals surface area contributed by atoms with Gasteiger partial charge in [-0.3, -0.25) is 10.3 Å². The summed E-state index contributed by atoms with van der Waals surface area (Å²) in [5, 5.41) is 16.8. The van der Waals surface area contributed by atoms with E-state index in [0.29, 0.717) is 0 Å². The van der Waals surface area contributed by atoms with Gasteiger partial charge in [-0.15, -0.1) is 0 Å². The number of benzene rings is 6. The molecule has 204 valence electrons. The third-order valence-corrected chi connectivity index (χ3v) is 8.57. The average molecular weight is 555 g/mol. The Balaban J connectivity index is 1.22. The number of fused-ring (bicyclic) bond motifs is 7. The standard InChI is InChI=1S/C38H26N4O/c1-2-9-25-21-27(16-13-23(25)7-1)36-40-37(28-17-18-30-26(22-28)15-14-24-8-3-4-10-29(24)30)42-38(41-36)35-34-31-11-5-6-12-32(31)43-33(34)19-20-39-35/h1-22,36-37,40H,(H,41,42). The normalized spacial score (nSPS) is 17.1. The number of rotatable bonds is 3. The van der Waals surface area contributed by atoms with Crippen LogP contribution in [0.15, 0.2) is 143 Å². The second kappa shape index (κ2) is 9.51. The molecule has 2 atom stereocenters. The zero-order valence-electron chi connectivity index (χ0n) is 23.2. The highest BCUT2D eigenvalue weighted by atomic mass is 16.3. The lowest BCUT2D eigenvalue weighted by Crippen LogP contribution is -2.45. The first-order chi connectivity index (χ1) is 21.3. The molecule has 5 heteroatoms. The molecule has 0 aliphatic carbocycles. The van der Waals surface area contributed by atoms with Crippen LogP contribution in [0.4, 0.5) is 0 Å². The van der Waals surface area contributed by atoms with Crippen molar-refractivity contribution in [2.75, 3.05) is 0 Å². The van der Waals surface area contributed by atoms with E-state index >= 15 is 0 Å². The van der Waals surface area contributed by atoms with Crippen LogP contribution in [0.3, 0.4) is 0 Å². The molecule has 1 aliphatic heterocycles. The molecule has 8 aromatic rings. The minimum absolute atomic E-state index is 0.190. The molecule has 9 rings (SSSR count). The van der Waals surface area contributed by atoms with E-state index in [1.165, 1.54) is 32.3 Å². The predicted octanol–water partition coefficient (Wildman–Crippen LogP) is 8.78. The first kappa shape index (κ1) is 24.1. The largest absolute Gasteiger partial charge is 0.456 e. The lowest BCUT2D eigenvalue weighted by molar-refractivity contribution is 0.409. The van der Waals surface area contributed by atoms with Crippen LogP contribution in [-0.2, 0) is 0 Å². The van der Waals surface area contributed by atoms with E-state index in [2.05, 4.69) is 114 Å². The van der Waals surface area contributed by atoms with E-state index in [4.69, 9.17) is 14.4 Å². The summed E-state index contributed by atoms with van der Waals surface area (Å²) in [6.07, 6.45) is 1.32. The maximum atomic E-state index is 6.20. The van der Waals surface area contributed by atoms with Gasteiger partial charge in [0.05, 0.1) is 5.39 Å². The molecule has 0 bridgehead atoms. The Hall–Kier alpha value is -5.52. The Morgan fingerprint density at radius 1 is 0.558 bits per heavy atom. The van der Waals surface area contributed by atoms with Gasteiger partial charge in [-0.1, -0.05) is 103 Å². The van der Waals surface area contributed by atoms with Gasteiger partial charge < -0.3 is 9.73 Å². The minimum atomic E-state index is -0.293. The van der Waals surface area contributed by atoms with Gasteiger partial charge in [0, 0.05) is 11.6 Å². The minimum Gasteiger partial charge on any atom is -0.456 e. The first-order valence-corrected chi connectivity index (χ1v) is 14.6. The SMILES string of the molecule is c1ccc2cc(C3NC(c4nccc5oc6ccccc6c45)=NC(c4ccc5c(ccc6ccccc65)c4)N3)ccc2c1. The fourth-order valence-corrected chi connectivity index (χ4v) is 6.46. The van der Waals surface area contributed by atoms with Gasteiger partial charge in [-0.25, -0.2) is 4.99 Å². The molecule has 0 fully saturated rings. The van der Waals surface area contributed by atoms with Gasteiger partial charge in [0.2, 0.25) is 0 Å². The van der Waals surface area contributed by atoms with Gasteiger partial charge in [0.25, 0.3) is 0 Å². The van der Waals surface area contributed by atoms with Gasteiger partial charge in [0.1, 0.15) is 29.2 Å². The summed E-state index contributed by atoms with van der Waals surface area (Å²) in [6.45, 7) is 0. The molecular formula is C38H26N4O. The summed E-state index contributed by atoms with van der Waals surface area (Å²) in [5.41, 5.74) is 4.65. The van der Waals surface area contributed by atoms with Crippen molar-refractivity contribution in [3.8, 4) is 0 Å². The third-order valence-electron chi connectivity index (χ3n) is 8.57. The molecule has 2 N–H and O–H groups in total. The smallest absolute Gasteiger partial charge is 0.151 e. The highest BCUT2D eigenvalue weighted by molar-refractivity contribution is 6.16. The molecule has 0 radical (unpaired) electrons. The number of aromatic nitrogens is 1. The van der Waals surface area contributed by atoms with Crippen molar-refractivity contribution >= 4 is 60.1 Å². The average Bonchev–Trinajstić information content (AvgIpc) is 3.46. The molecule has 0 saturated heterocycles. The van der Waals surface area contributed by atoms with Crippen molar-refractivity contribution in [1.29, 1.82) is 0 Å². The number of hydrogen-bond donors (Lipinski definition) is 2. The van der Waals surface area contributed by atoms with Crippen LogP contribution in [0, 0.1) is 0 Å². The van der Waals surface area contributed by atoms with E-state index in [-0.39, 0.29) is 12.3 Å². The fraction of sp³-hybridized carbons (Fsp3) is 0.0526. The fourth-order valence-electron chi connectivity index (χ4n) is 6.46. The first-order valence-electron chi connectivity index (χ1n) is 14.6. The molecule has 43 heavy (non-hydrogen) atoms. The maximum absolute atomic E-state index is 6.20. The van der Waals surface area contributed by atoms with Gasteiger partial charge in [-0.2, -0.15) is 0 Å². The Morgan fingerprint density at radius 2 is 1.26 bits per heavy atom. The lowest BCUT2D eigenvalue weighted by Gasteiger charge is -2.32. The van der Waals surface area contributed by atoms with Crippen molar-refractivity contribution in [1.82, 2.24) is 15.6 Å². The molecular weight excluding hydrogens is 528 g/mol. The Bertz CT molecular complexity index is 2390. The van der Waals surface area contributed by atoms with Gasteiger partial charge >= 0.3 is 0 Å². The van der Waals surface area contributed by atoms with Gasteiger partial charge in [0.15, 0.2) is 5.84 Å². The second-order valence-corrected chi connectivity index (χ2v) is 11.1. The summed E-state index contributed by atoms with van der Waals surface area (Å²) in [6, 6.07) is 44.7. The number of nitrogens with zero attached hydrogens (tertiary/aromatic N) is 2. The number of para-hydroxylation sites is 1. The van der Waals surface area contributed by atoms with Gasteiger partial charge in [-0.05, 0) is 67.7 Å². The van der Waals surface area contributed by atoms with Crippen molar-refractivity contribution in [2.45, 2.75) is 12.3 Å². The lowest BCUT2D eigenvalue weighted by atomic mass is 9.98. The van der Waals surface area contributed by atoms with Crippen LogP contribution in [0.2, 0.25) is 0 Å². The van der Waals surface area contributed by atoms with Crippen LogP contribution in [0.5, 0.6) is 0 Å². The second-order valence-electron chi connectivity index (χ2n) is 11.1. The van der Waals surface area contributed by atoms with Crippen molar-refractivity contribution in [3.05, 3.63) is 150 Å². The number of amidine groups is 1. The summed E-state index contributed by atoms with van der Waals surface area (Å²) in [4.78, 5) is 10.1. The van der Waals surface area contributed by atoms with Crippen LogP contribution >= 0.6 is 0 Å². The molecule has 6 aromatic carbocycles. The predicted molar refractivity (Wildman–Crippen MR) is 175 cm³/mol. The third kappa shape index (κ3) is 3.97. The van der Waals surface area contributed by atoms with E-state index < -0.39 is 0 Å². The van der Waals surface area contributed by atoms with E-state index in [0.717, 1.165) is 44.6 Å². The summed E-state index contributed by atoms with van der Waals surface area (Å²) in [7, 11) is 0. The highest BCUT2D eigenvalue weighted by Gasteiger charge is 2.28. The van der Waals surface area contributed by atoms with E-state index in [1.54, 1.807) is 6.20 Å². The molecule has 1 aliphatic rings. The summed E-state index contributed by atoms with van der Waals surface area (Å²) < 4.78 is 6.20. The Morgan fingerprint density at radius 3 is 2.19 bits per heavy atom. The molecule has 2 unspecified atom stereocenters. The van der Waals surface area contributed by atoms with E-state index in [1.807, 2.05) is 24.3 Å². The zero-order chi connectivity index (χ0) is 28.3. The highest BCUT2D eigenvalue weighted by Crippen LogP contribution is 2.34. The Kier molecular flexibility index (Phi) is 5.33. The molecule has 0 saturated carbocycles. The number of nitrogens with one attached hydrogen (secondary N) is 2. The molecule has 0 spiro atoms. The zero-order valence-corrected chi connectivity index (χ0v) is 23.2. The van der Waals surface area contributed by atoms with Crippen LogP contribution in [0.1, 0.15) is 29.2 Å². The molecule has 5 nitrogen and oxygen atoms in total. The summed E-state index contributed by atoms with van der Waals surface area (Å²) >= 11 is 0. The molecule has 0 amide bonds. The van der Waals surface area contributed by atoms with Crippen LogP contribution < -0.4 is 10.6 Å². The van der Waals surface area contributed by atoms with E-state index in [9.17, 15) is 0 Å². The topological polar surface area (TPSA) is 62.5 Å². The Labute approximate surface area is 247 Å². The monoisotopic (exact) mass is 554 g/mol. The van der Waals surface area contributed by atoms with Crippen molar-refractivity contribution < 1.29 is 4.42 Å². The quantitative estimate of drug-likeness (QED) is 0.214. The van der Waals surface area contributed by atoms with Crippen LogP contribution in [0.25, 0.3) is 54.3 Å². The molecule has 3 heterocycles. The number of hydrogen-bond acceptors (Lipinski definition) is 5. The number of aliphatic imine (C=N–C) groups is 1. The number of furan rings is 1. The van der Waals surface area contributed by atoms with Crippen LogP contribution in [-0.4, -0.2) is 10.8 Å². The summed E-state index contributed by atoms with van der Waals surface area (Å²) in [5.74, 6) is 0.734. The van der Waals surface area contributed by atoms with Crippen molar-refractivity contribution in [2.24, 2.45) is 4.99 Å². The van der Waals surface area contributed by atoms with Crippen molar-refractivity contribution in [3.63, 3.8) is 0 Å². The molecule has 2 aromatic heterocycles.